The number of para-hydroxylation sites is 1. The second kappa shape index (κ2) is 11.3. The van der Waals surface area contributed by atoms with E-state index in [-0.39, 0.29) is 30.3 Å². The molecule has 3 amide bonds. The molecular weight excluding hydrogens is 478 g/mol. The third-order valence-electron chi connectivity index (χ3n) is 6.20. The summed E-state index contributed by atoms with van der Waals surface area (Å²) in [6, 6.07) is 12.1. The maximum atomic E-state index is 13.8. The SMILES string of the molecule is CCc1ccc(C(C(=O)Nc2c(C)cccc2Cl)N(C(=O)CNC(=O)OC(C)(C)C)C2CC2C)cc1. The van der Waals surface area contributed by atoms with E-state index >= 15 is 0 Å². The molecule has 1 aliphatic carbocycles. The van der Waals surface area contributed by atoms with Crippen molar-refractivity contribution in [1.82, 2.24) is 10.2 Å². The van der Waals surface area contributed by atoms with Crippen LogP contribution in [0.2, 0.25) is 5.02 Å². The van der Waals surface area contributed by atoms with Gasteiger partial charge in [-0.25, -0.2) is 4.79 Å². The molecule has 1 fully saturated rings. The molecule has 0 bridgehead atoms. The molecule has 8 heteroatoms. The summed E-state index contributed by atoms with van der Waals surface area (Å²) in [5, 5.41) is 5.92. The smallest absolute Gasteiger partial charge is 0.408 e. The normalized spacial score (nSPS) is 17.6. The molecule has 0 aliphatic heterocycles. The van der Waals surface area contributed by atoms with Crippen molar-refractivity contribution in [2.24, 2.45) is 5.92 Å². The highest BCUT2D eigenvalue weighted by atomic mass is 35.5. The number of hydrogen-bond acceptors (Lipinski definition) is 4. The third-order valence-corrected chi connectivity index (χ3v) is 6.51. The van der Waals surface area contributed by atoms with Crippen LogP contribution in [0.5, 0.6) is 0 Å². The van der Waals surface area contributed by atoms with Crippen LogP contribution in [0.4, 0.5) is 10.5 Å². The molecule has 0 saturated heterocycles. The number of halogens is 1. The predicted octanol–water partition coefficient (Wildman–Crippen LogP) is 5.65. The van der Waals surface area contributed by atoms with E-state index in [1.807, 2.05) is 50.2 Å². The van der Waals surface area contributed by atoms with Crippen molar-refractivity contribution in [1.29, 1.82) is 0 Å². The lowest BCUT2D eigenvalue weighted by molar-refractivity contribution is -0.139. The number of hydrogen-bond donors (Lipinski definition) is 2. The number of rotatable bonds is 8. The first-order chi connectivity index (χ1) is 16.9. The number of carbonyl (C=O) groups excluding carboxylic acids is 3. The quantitative estimate of drug-likeness (QED) is 0.477. The molecule has 2 aromatic carbocycles. The summed E-state index contributed by atoms with van der Waals surface area (Å²) in [5.41, 5.74) is 2.47. The molecule has 1 saturated carbocycles. The minimum atomic E-state index is -0.894. The van der Waals surface area contributed by atoms with E-state index < -0.39 is 17.7 Å². The molecule has 0 heterocycles. The van der Waals surface area contributed by atoms with E-state index in [1.165, 1.54) is 0 Å². The molecule has 0 radical (unpaired) electrons. The maximum Gasteiger partial charge on any atom is 0.408 e. The molecule has 3 atom stereocenters. The Balaban J connectivity index is 1.93. The van der Waals surface area contributed by atoms with E-state index in [0.717, 1.165) is 24.0 Å². The van der Waals surface area contributed by atoms with Crippen molar-refractivity contribution in [2.75, 3.05) is 11.9 Å². The summed E-state index contributed by atoms with van der Waals surface area (Å²) in [4.78, 5) is 41.1. The fourth-order valence-electron chi connectivity index (χ4n) is 4.12. The van der Waals surface area contributed by atoms with Gasteiger partial charge in [-0.2, -0.15) is 0 Å². The lowest BCUT2D eigenvalue weighted by Gasteiger charge is -2.32. The van der Waals surface area contributed by atoms with Crippen molar-refractivity contribution in [3.05, 3.63) is 64.2 Å². The zero-order valence-corrected chi connectivity index (χ0v) is 22.6. The van der Waals surface area contributed by atoms with Crippen LogP contribution in [0.3, 0.4) is 0 Å². The van der Waals surface area contributed by atoms with Crippen molar-refractivity contribution >= 4 is 35.2 Å². The zero-order valence-electron chi connectivity index (χ0n) is 21.9. The van der Waals surface area contributed by atoms with E-state index in [2.05, 4.69) is 17.6 Å². The Hall–Kier alpha value is -3.06. The highest BCUT2D eigenvalue weighted by Gasteiger charge is 2.46. The van der Waals surface area contributed by atoms with Gasteiger partial charge in [0.1, 0.15) is 18.2 Å². The van der Waals surface area contributed by atoms with Crippen molar-refractivity contribution in [3.8, 4) is 0 Å². The maximum absolute atomic E-state index is 13.8. The van der Waals surface area contributed by atoms with E-state index in [9.17, 15) is 14.4 Å². The van der Waals surface area contributed by atoms with Crippen LogP contribution in [0, 0.1) is 12.8 Å². The molecule has 2 aromatic rings. The summed E-state index contributed by atoms with van der Waals surface area (Å²) >= 11 is 6.38. The van der Waals surface area contributed by atoms with Crippen LogP contribution in [-0.4, -0.2) is 41.0 Å². The predicted molar refractivity (Wildman–Crippen MR) is 142 cm³/mol. The third kappa shape index (κ3) is 7.00. The van der Waals surface area contributed by atoms with Gasteiger partial charge in [-0.15, -0.1) is 0 Å². The fraction of sp³-hybridized carbons (Fsp3) is 0.464. The first-order valence-corrected chi connectivity index (χ1v) is 12.7. The second-order valence-corrected chi connectivity index (χ2v) is 10.8. The Morgan fingerprint density at radius 3 is 2.31 bits per heavy atom. The average molecular weight is 514 g/mol. The number of ether oxygens (including phenoxy) is 1. The molecule has 7 nitrogen and oxygen atoms in total. The van der Waals surface area contributed by atoms with Crippen molar-refractivity contribution in [3.63, 3.8) is 0 Å². The summed E-state index contributed by atoms with van der Waals surface area (Å²) in [5.74, 6) is -0.478. The van der Waals surface area contributed by atoms with Crippen LogP contribution < -0.4 is 10.6 Å². The van der Waals surface area contributed by atoms with Crippen molar-refractivity contribution < 1.29 is 19.1 Å². The lowest BCUT2D eigenvalue weighted by atomic mass is 10.0. The monoisotopic (exact) mass is 513 g/mol. The van der Waals surface area contributed by atoms with Crippen LogP contribution in [-0.2, 0) is 20.7 Å². The minimum absolute atomic E-state index is 0.119. The van der Waals surface area contributed by atoms with Gasteiger partial charge in [0.2, 0.25) is 5.91 Å². The van der Waals surface area contributed by atoms with Crippen LogP contribution in [0.25, 0.3) is 0 Å². The Kier molecular flexibility index (Phi) is 8.67. The molecule has 194 valence electrons. The number of nitrogens with zero attached hydrogens (tertiary/aromatic N) is 1. The zero-order chi connectivity index (χ0) is 26.6. The van der Waals surface area contributed by atoms with E-state index in [1.54, 1.807) is 31.7 Å². The van der Waals surface area contributed by atoms with Gasteiger partial charge < -0.3 is 20.3 Å². The molecule has 0 aromatic heterocycles. The molecular formula is C28H36ClN3O4. The molecule has 2 N–H and O–H groups in total. The number of benzene rings is 2. The van der Waals surface area contributed by atoms with Gasteiger partial charge in [-0.05, 0) is 69.2 Å². The van der Waals surface area contributed by atoms with Gasteiger partial charge in [0.05, 0.1) is 10.7 Å². The minimum Gasteiger partial charge on any atom is -0.444 e. The van der Waals surface area contributed by atoms with Gasteiger partial charge >= 0.3 is 6.09 Å². The highest BCUT2D eigenvalue weighted by Crippen LogP contribution is 2.41. The Labute approximate surface area is 218 Å². The summed E-state index contributed by atoms with van der Waals surface area (Å²) in [7, 11) is 0. The van der Waals surface area contributed by atoms with Crippen LogP contribution in [0.1, 0.15) is 63.8 Å². The first kappa shape index (κ1) is 27.5. The Morgan fingerprint density at radius 1 is 1.14 bits per heavy atom. The van der Waals surface area contributed by atoms with Crippen LogP contribution >= 0.6 is 11.6 Å². The number of nitrogens with one attached hydrogen (secondary N) is 2. The number of carbonyl (C=O) groups is 3. The summed E-state index contributed by atoms with van der Waals surface area (Å²) < 4.78 is 5.27. The summed E-state index contributed by atoms with van der Waals surface area (Å²) in [6.45, 7) is 10.9. The molecule has 3 unspecified atom stereocenters. The van der Waals surface area contributed by atoms with Gasteiger partial charge in [-0.3, -0.25) is 9.59 Å². The second-order valence-electron chi connectivity index (χ2n) is 10.4. The fourth-order valence-corrected chi connectivity index (χ4v) is 4.39. The molecule has 0 spiro atoms. The van der Waals surface area contributed by atoms with E-state index in [4.69, 9.17) is 16.3 Å². The van der Waals surface area contributed by atoms with Gasteiger partial charge in [-0.1, -0.05) is 61.8 Å². The molecule has 36 heavy (non-hydrogen) atoms. The van der Waals surface area contributed by atoms with Gasteiger partial charge in [0, 0.05) is 6.04 Å². The van der Waals surface area contributed by atoms with Gasteiger partial charge in [0.25, 0.3) is 5.91 Å². The molecule has 1 aliphatic rings. The largest absolute Gasteiger partial charge is 0.444 e. The summed E-state index contributed by atoms with van der Waals surface area (Å²) in [6.07, 6.45) is 0.956. The average Bonchev–Trinajstić information content (AvgIpc) is 3.52. The number of anilines is 1. The topological polar surface area (TPSA) is 87.7 Å². The van der Waals surface area contributed by atoms with E-state index in [0.29, 0.717) is 16.3 Å². The Morgan fingerprint density at radius 2 is 1.78 bits per heavy atom. The van der Waals surface area contributed by atoms with Gasteiger partial charge in [0.15, 0.2) is 0 Å². The molecule has 3 rings (SSSR count). The first-order valence-electron chi connectivity index (χ1n) is 12.3. The Bertz CT molecular complexity index is 1090. The van der Waals surface area contributed by atoms with Crippen LogP contribution in [0.15, 0.2) is 42.5 Å². The highest BCUT2D eigenvalue weighted by molar-refractivity contribution is 6.34. The number of alkyl carbamates (subject to hydrolysis) is 1. The lowest BCUT2D eigenvalue weighted by Crippen LogP contribution is -2.48. The number of aryl methyl sites for hydroxylation is 2. The van der Waals surface area contributed by atoms with Crippen molar-refractivity contribution in [2.45, 2.75) is 72.1 Å². The standard InChI is InChI=1S/C28H36ClN3O4/c1-7-19-11-13-20(14-12-19)25(26(34)31-24-17(2)9-8-10-21(24)29)32(22-15-18(22)3)23(33)16-30-27(35)36-28(4,5)6/h8-14,18,22,25H,7,15-16H2,1-6H3,(H,30,35)(H,31,34). The number of amides is 3.